The molecule has 0 saturated carbocycles. The van der Waals surface area contributed by atoms with Crippen molar-refractivity contribution in [2.24, 2.45) is 5.41 Å². The van der Waals surface area contributed by atoms with Crippen molar-refractivity contribution in [3.05, 3.63) is 57.8 Å². The van der Waals surface area contributed by atoms with Gasteiger partial charge >= 0.3 is 0 Å². The molecule has 3 heterocycles. The zero-order chi connectivity index (χ0) is 23.6. The molecule has 0 aliphatic carbocycles. The number of amides is 2. The van der Waals surface area contributed by atoms with Crippen molar-refractivity contribution >= 4 is 34.8 Å². The van der Waals surface area contributed by atoms with E-state index in [0.29, 0.717) is 31.9 Å². The van der Waals surface area contributed by atoms with Crippen LogP contribution in [0.4, 0.5) is 0 Å². The number of nitrogens with zero attached hydrogens (tertiary/aromatic N) is 3. The summed E-state index contributed by atoms with van der Waals surface area (Å²) in [5.74, 6) is 0.540. The first-order chi connectivity index (χ1) is 15.8. The Kier molecular flexibility index (Phi) is 7.46. The van der Waals surface area contributed by atoms with Gasteiger partial charge in [0.1, 0.15) is 0 Å². The van der Waals surface area contributed by atoms with Crippen LogP contribution < -0.4 is 0 Å². The first-order valence-electron chi connectivity index (χ1n) is 11.8. The van der Waals surface area contributed by atoms with Gasteiger partial charge in [-0.1, -0.05) is 30.3 Å². The van der Waals surface area contributed by atoms with Gasteiger partial charge in [-0.2, -0.15) is 0 Å². The van der Waals surface area contributed by atoms with E-state index >= 15 is 0 Å². The topological polar surface area (TPSA) is 43.9 Å². The van der Waals surface area contributed by atoms with Crippen molar-refractivity contribution in [3.8, 4) is 0 Å². The summed E-state index contributed by atoms with van der Waals surface area (Å²) in [6, 6.07) is 13.1. The number of fused-ring (bicyclic) bond motifs is 1. The molecule has 0 bridgehead atoms. The fourth-order valence-corrected chi connectivity index (χ4v) is 5.98. The molecule has 0 N–H and O–H groups in total. The standard InChI is InChI=1S/C26H34ClN3O2S/c1-19-17-29(14-15-30(19)25(32)26(2,3)18-27)23(31)10-13-28-12-9-22-21(11-16-33-22)24(28)20-7-5-4-6-8-20/h4-8,11,16,19,24H,9-10,12-15,17-18H2,1-3H3/t19-,24+/m0/s1. The van der Waals surface area contributed by atoms with Gasteiger partial charge in [0.25, 0.3) is 0 Å². The molecule has 2 amide bonds. The number of halogens is 1. The lowest BCUT2D eigenvalue weighted by molar-refractivity contribution is -0.148. The number of carbonyl (C=O) groups is 2. The smallest absolute Gasteiger partial charge is 0.229 e. The summed E-state index contributed by atoms with van der Waals surface area (Å²) < 4.78 is 0. The van der Waals surface area contributed by atoms with E-state index in [2.05, 4.69) is 46.7 Å². The first kappa shape index (κ1) is 24.2. The van der Waals surface area contributed by atoms with E-state index in [-0.39, 0.29) is 23.9 Å². The fraction of sp³-hybridized carbons (Fsp3) is 0.538. The Morgan fingerprint density at radius 3 is 2.58 bits per heavy atom. The Labute approximate surface area is 206 Å². The second kappa shape index (κ2) is 10.2. The van der Waals surface area contributed by atoms with Crippen molar-refractivity contribution in [3.63, 3.8) is 0 Å². The molecule has 1 saturated heterocycles. The Morgan fingerprint density at radius 1 is 1.12 bits per heavy atom. The van der Waals surface area contributed by atoms with E-state index < -0.39 is 5.41 Å². The summed E-state index contributed by atoms with van der Waals surface area (Å²) >= 11 is 7.85. The Morgan fingerprint density at radius 2 is 1.88 bits per heavy atom. The molecule has 0 radical (unpaired) electrons. The van der Waals surface area contributed by atoms with Crippen molar-refractivity contribution in [2.45, 2.75) is 45.7 Å². The predicted molar refractivity (Wildman–Crippen MR) is 135 cm³/mol. The maximum absolute atomic E-state index is 13.1. The normalized spacial score (nSPS) is 21.7. The molecular weight excluding hydrogens is 454 g/mol. The summed E-state index contributed by atoms with van der Waals surface area (Å²) in [6.07, 6.45) is 1.54. The van der Waals surface area contributed by atoms with Crippen LogP contribution in [0, 0.1) is 5.41 Å². The van der Waals surface area contributed by atoms with E-state index in [4.69, 9.17) is 11.6 Å². The van der Waals surface area contributed by atoms with Crippen molar-refractivity contribution < 1.29 is 9.59 Å². The maximum Gasteiger partial charge on any atom is 0.229 e. The fourth-order valence-electron chi connectivity index (χ4n) is 4.96. The summed E-state index contributed by atoms with van der Waals surface area (Å²) in [6.45, 7) is 9.23. The number of piperazine rings is 1. The lowest BCUT2D eigenvalue weighted by Crippen LogP contribution is -2.58. The van der Waals surface area contributed by atoms with E-state index in [9.17, 15) is 9.59 Å². The highest BCUT2D eigenvalue weighted by Crippen LogP contribution is 2.37. The molecule has 2 aliphatic rings. The van der Waals surface area contributed by atoms with Crippen LogP contribution in [-0.2, 0) is 16.0 Å². The molecule has 0 spiro atoms. The molecule has 4 rings (SSSR count). The van der Waals surface area contributed by atoms with E-state index in [0.717, 1.165) is 19.5 Å². The zero-order valence-corrected chi connectivity index (χ0v) is 21.4. The predicted octanol–water partition coefficient (Wildman–Crippen LogP) is 4.41. The molecule has 5 nitrogen and oxygen atoms in total. The molecule has 0 unspecified atom stereocenters. The van der Waals surface area contributed by atoms with Crippen LogP contribution in [0.1, 0.15) is 49.2 Å². The number of hydrogen-bond acceptors (Lipinski definition) is 4. The van der Waals surface area contributed by atoms with Gasteiger partial charge in [-0.3, -0.25) is 14.5 Å². The molecule has 1 fully saturated rings. The molecule has 2 atom stereocenters. The number of benzene rings is 1. The van der Waals surface area contributed by atoms with Crippen LogP contribution in [0.3, 0.4) is 0 Å². The molecule has 178 valence electrons. The summed E-state index contributed by atoms with van der Waals surface area (Å²) in [5, 5.41) is 2.18. The maximum atomic E-state index is 13.1. The lowest BCUT2D eigenvalue weighted by Gasteiger charge is -2.43. The van der Waals surface area contributed by atoms with Crippen molar-refractivity contribution in [1.82, 2.24) is 14.7 Å². The number of hydrogen-bond donors (Lipinski definition) is 0. The summed E-state index contributed by atoms with van der Waals surface area (Å²) in [7, 11) is 0. The lowest BCUT2D eigenvalue weighted by atomic mass is 9.93. The van der Waals surface area contributed by atoms with Crippen molar-refractivity contribution in [1.29, 1.82) is 0 Å². The van der Waals surface area contributed by atoms with Crippen LogP contribution in [0.2, 0.25) is 0 Å². The van der Waals surface area contributed by atoms with E-state index in [1.807, 2.05) is 41.9 Å². The number of alkyl halides is 1. The third kappa shape index (κ3) is 5.13. The molecule has 1 aromatic heterocycles. The Balaban J connectivity index is 1.38. The molecule has 7 heteroatoms. The third-order valence-corrected chi connectivity index (χ3v) is 8.61. The van der Waals surface area contributed by atoms with Gasteiger partial charge in [-0.25, -0.2) is 0 Å². The third-order valence-electron chi connectivity index (χ3n) is 6.95. The zero-order valence-electron chi connectivity index (χ0n) is 19.8. The van der Waals surface area contributed by atoms with Crippen molar-refractivity contribution in [2.75, 3.05) is 38.6 Å². The monoisotopic (exact) mass is 487 g/mol. The van der Waals surface area contributed by atoms with Gasteiger partial charge in [-0.15, -0.1) is 22.9 Å². The van der Waals surface area contributed by atoms with Crippen LogP contribution in [0.15, 0.2) is 41.8 Å². The molecule has 1 aromatic carbocycles. The largest absolute Gasteiger partial charge is 0.339 e. The average molecular weight is 488 g/mol. The van der Waals surface area contributed by atoms with Crippen LogP contribution >= 0.6 is 22.9 Å². The summed E-state index contributed by atoms with van der Waals surface area (Å²) in [5.41, 5.74) is 2.09. The van der Waals surface area contributed by atoms with Gasteiger partial charge in [0.05, 0.1) is 11.5 Å². The van der Waals surface area contributed by atoms with Gasteiger partial charge in [0, 0.05) is 55.9 Å². The highest BCUT2D eigenvalue weighted by atomic mass is 35.5. The minimum Gasteiger partial charge on any atom is -0.339 e. The summed E-state index contributed by atoms with van der Waals surface area (Å²) in [4.78, 5) is 33.7. The second-order valence-electron chi connectivity index (χ2n) is 9.85. The molecule has 2 aromatic rings. The van der Waals surface area contributed by atoms with Crippen LogP contribution in [0.5, 0.6) is 0 Å². The van der Waals surface area contributed by atoms with Gasteiger partial charge in [0.15, 0.2) is 0 Å². The first-order valence-corrected chi connectivity index (χ1v) is 13.2. The van der Waals surface area contributed by atoms with Gasteiger partial charge < -0.3 is 9.80 Å². The molecular formula is C26H34ClN3O2S. The Hall–Kier alpha value is -1.89. The highest BCUT2D eigenvalue weighted by molar-refractivity contribution is 7.10. The molecule has 2 aliphatic heterocycles. The highest BCUT2D eigenvalue weighted by Gasteiger charge is 2.37. The number of rotatable bonds is 6. The minimum atomic E-state index is -0.580. The average Bonchev–Trinajstić information content (AvgIpc) is 3.31. The van der Waals surface area contributed by atoms with Crippen LogP contribution in [0.25, 0.3) is 0 Å². The minimum absolute atomic E-state index is 0.00175. The van der Waals surface area contributed by atoms with E-state index in [1.54, 1.807) is 0 Å². The van der Waals surface area contributed by atoms with E-state index in [1.165, 1.54) is 16.0 Å². The molecule has 33 heavy (non-hydrogen) atoms. The van der Waals surface area contributed by atoms with Gasteiger partial charge in [-0.05, 0) is 49.8 Å². The van der Waals surface area contributed by atoms with Gasteiger partial charge in [0.2, 0.25) is 11.8 Å². The SMILES string of the molecule is C[C@H]1CN(C(=O)CCN2CCc3sccc3[C@H]2c2ccccc2)CCN1C(=O)C(C)(C)CCl. The van der Waals surface area contributed by atoms with Crippen LogP contribution in [-0.4, -0.2) is 71.2 Å². The quantitative estimate of drug-likeness (QED) is 0.567. The second-order valence-corrected chi connectivity index (χ2v) is 11.1. The number of thiophene rings is 1. The Bertz CT molecular complexity index is 977. The number of carbonyl (C=O) groups excluding carboxylic acids is 2.